The standard InChI is InChI=1S/C14H10ClFN2O2S/c1-9-2-5-13(16)14(6-9)18-21(19,20)11-4-3-10(8-17)12(15)7-11/h2-7,18H,1H3. The van der Waals surface area contributed by atoms with Crippen LogP contribution in [0.3, 0.4) is 0 Å². The molecule has 0 saturated carbocycles. The summed E-state index contributed by atoms with van der Waals surface area (Å²) in [5.74, 6) is -0.677. The number of nitriles is 1. The van der Waals surface area contributed by atoms with Gasteiger partial charge >= 0.3 is 0 Å². The number of hydrogen-bond acceptors (Lipinski definition) is 3. The van der Waals surface area contributed by atoms with E-state index in [1.54, 1.807) is 6.92 Å². The van der Waals surface area contributed by atoms with Crippen molar-refractivity contribution in [1.82, 2.24) is 0 Å². The lowest BCUT2D eigenvalue weighted by molar-refractivity contribution is 0.598. The van der Waals surface area contributed by atoms with E-state index in [1.807, 2.05) is 6.07 Å². The summed E-state index contributed by atoms with van der Waals surface area (Å²) in [5, 5.41) is 8.78. The van der Waals surface area contributed by atoms with Gasteiger partial charge in [0.15, 0.2) is 0 Å². The Hall–Kier alpha value is -2.10. The number of hydrogen-bond donors (Lipinski definition) is 1. The molecule has 0 heterocycles. The number of anilines is 1. The largest absolute Gasteiger partial charge is 0.277 e. The molecule has 0 aliphatic rings. The first-order valence-corrected chi connectivity index (χ1v) is 7.68. The predicted octanol–water partition coefficient (Wildman–Crippen LogP) is 3.46. The molecule has 0 bridgehead atoms. The summed E-state index contributed by atoms with van der Waals surface area (Å²) in [6.07, 6.45) is 0. The van der Waals surface area contributed by atoms with Gasteiger partial charge in [0.1, 0.15) is 11.9 Å². The summed E-state index contributed by atoms with van der Waals surface area (Å²) in [6.45, 7) is 1.72. The van der Waals surface area contributed by atoms with Gasteiger partial charge in [-0.15, -0.1) is 0 Å². The van der Waals surface area contributed by atoms with E-state index in [2.05, 4.69) is 4.72 Å². The molecule has 0 aliphatic carbocycles. The molecule has 0 atom stereocenters. The molecule has 4 nitrogen and oxygen atoms in total. The fourth-order valence-electron chi connectivity index (χ4n) is 1.67. The van der Waals surface area contributed by atoms with Crippen LogP contribution in [0.1, 0.15) is 11.1 Å². The van der Waals surface area contributed by atoms with Gasteiger partial charge in [0.2, 0.25) is 0 Å². The second-order valence-corrected chi connectivity index (χ2v) is 6.43. The van der Waals surface area contributed by atoms with E-state index in [9.17, 15) is 12.8 Å². The van der Waals surface area contributed by atoms with Crippen molar-refractivity contribution in [3.05, 3.63) is 58.4 Å². The maximum absolute atomic E-state index is 13.6. The van der Waals surface area contributed by atoms with Crippen molar-refractivity contribution in [3.63, 3.8) is 0 Å². The lowest BCUT2D eigenvalue weighted by Gasteiger charge is -2.10. The van der Waals surface area contributed by atoms with Crippen LogP contribution in [0.15, 0.2) is 41.3 Å². The third-order valence-electron chi connectivity index (χ3n) is 2.74. The molecule has 108 valence electrons. The topological polar surface area (TPSA) is 70.0 Å². The number of nitrogens with one attached hydrogen (secondary N) is 1. The van der Waals surface area contributed by atoms with Crippen LogP contribution >= 0.6 is 11.6 Å². The quantitative estimate of drug-likeness (QED) is 0.940. The van der Waals surface area contributed by atoms with Crippen LogP contribution in [0.4, 0.5) is 10.1 Å². The predicted molar refractivity (Wildman–Crippen MR) is 78.1 cm³/mol. The SMILES string of the molecule is Cc1ccc(F)c(NS(=O)(=O)c2ccc(C#N)c(Cl)c2)c1. The summed E-state index contributed by atoms with van der Waals surface area (Å²) in [6, 6.07) is 9.61. The van der Waals surface area contributed by atoms with Crippen molar-refractivity contribution in [2.45, 2.75) is 11.8 Å². The van der Waals surface area contributed by atoms with Crippen LogP contribution < -0.4 is 4.72 Å². The molecule has 21 heavy (non-hydrogen) atoms. The number of rotatable bonds is 3. The molecule has 2 aromatic carbocycles. The Kier molecular flexibility index (Phi) is 4.16. The molecule has 7 heteroatoms. The highest BCUT2D eigenvalue weighted by Crippen LogP contribution is 2.24. The number of aryl methyl sites for hydroxylation is 1. The van der Waals surface area contributed by atoms with Gasteiger partial charge in [0.25, 0.3) is 10.0 Å². The molecule has 0 amide bonds. The molecule has 0 spiro atoms. The molecular formula is C14H10ClFN2O2S. The van der Waals surface area contributed by atoms with Crippen molar-refractivity contribution >= 4 is 27.3 Å². The third-order valence-corrected chi connectivity index (χ3v) is 4.41. The van der Waals surface area contributed by atoms with Crippen LogP contribution in [0.25, 0.3) is 0 Å². The maximum atomic E-state index is 13.6. The van der Waals surface area contributed by atoms with E-state index >= 15 is 0 Å². The van der Waals surface area contributed by atoms with Crippen LogP contribution in [0.2, 0.25) is 5.02 Å². The number of nitrogens with zero attached hydrogens (tertiary/aromatic N) is 1. The van der Waals surface area contributed by atoms with E-state index in [-0.39, 0.29) is 21.2 Å². The van der Waals surface area contributed by atoms with Crippen molar-refractivity contribution in [2.75, 3.05) is 4.72 Å². The zero-order chi connectivity index (χ0) is 15.6. The highest BCUT2D eigenvalue weighted by Gasteiger charge is 2.17. The average Bonchev–Trinajstić information content (AvgIpc) is 2.42. The van der Waals surface area contributed by atoms with Crippen LogP contribution in [0, 0.1) is 24.1 Å². The smallest absolute Gasteiger partial charge is 0.262 e. The summed E-state index contributed by atoms with van der Waals surface area (Å²) in [7, 11) is -3.98. The van der Waals surface area contributed by atoms with Crippen molar-refractivity contribution in [3.8, 4) is 6.07 Å². The van der Waals surface area contributed by atoms with Crippen LogP contribution in [-0.2, 0) is 10.0 Å². The molecule has 2 aromatic rings. The second kappa shape index (κ2) is 5.72. The summed E-state index contributed by atoms with van der Waals surface area (Å²) in [4.78, 5) is -0.146. The van der Waals surface area contributed by atoms with Crippen molar-refractivity contribution in [1.29, 1.82) is 5.26 Å². The Bertz CT molecular complexity index is 845. The fourth-order valence-corrected chi connectivity index (χ4v) is 3.05. The van der Waals surface area contributed by atoms with Gasteiger partial charge in [0, 0.05) is 0 Å². The highest BCUT2D eigenvalue weighted by atomic mass is 35.5. The van der Waals surface area contributed by atoms with E-state index in [0.717, 1.165) is 6.07 Å². The highest BCUT2D eigenvalue weighted by molar-refractivity contribution is 7.92. The van der Waals surface area contributed by atoms with Crippen LogP contribution in [-0.4, -0.2) is 8.42 Å². The molecule has 0 fully saturated rings. The van der Waals surface area contributed by atoms with Crippen molar-refractivity contribution in [2.24, 2.45) is 0 Å². The lowest BCUT2D eigenvalue weighted by atomic mass is 10.2. The minimum absolute atomic E-state index is 0.0186. The Balaban J connectivity index is 2.41. The van der Waals surface area contributed by atoms with Gasteiger partial charge in [-0.05, 0) is 42.8 Å². The Morgan fingerprint density at radius 2 is 1.95 bits per heavy atom. The molecule has 2 rings (SSSR count). The van der Waals surface area contributed by atoms with E-state index in [0.29, 0.717) is 5.56 Å². The normalized spacial score (nSPS) is 11.0. The lowest BCUT2D eigenvalue weighted by Crippen LogP contribution is -2.14. The summed E-state index contributed by atoms with van der Waals surface area (Å²) in [5.41, 5.74) is 0.736. The fraction of sp³-hybridized carbons (Fsp3) is 0.0714. The third kappa shape index (κ3) is 3.32. The van der Waals surface area contributed by atoms with Crippen molar-refractivity contribution < 1.29 is 12.8 Å². The van der Waals surface area contributed by atoms with Crippen LogP contribution in [0.5, 0.6) is 0 Å². The number of halogens is 2. The maximum Gasteiger partial charge on any atom is 0.262 e. The molecule has 1 N–H and O–H groups in total. The zero-order valence-corrected chi connectivity index (χ0v) is 12.5. The van der Waals surface area contributed by atoms with E-state index in [4.69, 9.17) is 16.9 Å². The van der Waals surface area contributed by atoms with Gasteiger partial charge in [-0.3, -0.25) is 4.72 Å². The molecule has 0 radical (unpaired) electrons. The van der Waals surface area contributed by atoms with E-state index < -0.39 is 15.8 Å². The Morgan fingerprint density at radius 1 is 1.24 bits per heavy atom. The minimum atomic E-state index is -3.98. The first-order valence-electron chi connectivity index (χ1n) is 5.82. The first kappa shape index (κ1) is 15.3. The summed E-state index contributed by atoms with van der Waals surface area (Å²) < 4.78 is 40.2. The minimum Gasteiger partial charge on any atom is -0.277 e. The second-order valence-electron chi connectivity index (χ2n) is 4.34. The van der Waals surface area contributed by atoms with Gasteiger partial charge in [-0.2, -0.15) is 5.26 Å². The zero-order valence-electron chi connectivity index (χ0n) is 10.9. The number of benzene rings is 2. The molecule has 0 saturated heterocycles. The van der Waals surface area contributed by atoms with E-state index in [1.165, 1.54) is 30.3 Å². The Labute approximate surface area is 126 Å². The molecule has 0 unspecified atom stereocenters. The molecule has 0 aromatic heterocycles. The van der Waals surface area contributed by atoms with Gasteiger partial charge in [0.05, 0.1) is 21.2 Å². The van der Waals surface area contributed by atoms with Gasteiger partial charge in [-0.1, -0.05) is 17.7 Å². The molecule has 0 aliphatic heterocycles. The first-order chi connectivity index (χ1) is 9.83. The average molecular weight is 325 g/mol. The van der Waals surface area contributed by atoms with Gasteiger partial charge in [-0.25, -0.2) is 12.8 Å². The van der Waals surface area contributed by atoms with Gasteiger partial charge < -0.3 is 0 Å². The Morgan fingerprint density at radius 3 is 2.57 bits per heavy atom. The number of sulfonamides is 1. The monoisotopic (exact) mass is 324 g/mol. The summed E-state index contributed by atoms with van der Waals surface area (Å²) >= 11 is 5.81. The molecular weight excluding hydrogens is 315 g/mol.